The van der Waals surface area contributed by atoms with Gasteiger partial charge in [0.1, 0.15) is 16.8 Å². The quantitative estimate of drug-likeness (QED) is 0.780. The topological polar surface area (TPSA) is 106 Å². The highest BCUT2D eigenvalue weighted by Crippen LogP contribution is 2.30. The zero-order valence-corrected chi connectivity index (χ0v) is 14.9. The molecule has 138 valence electrons. The third kappa shape index (κ3) is 2.86. The highest BCUT2D eigenvalue weighted by molar-refractivity contribution is 7.89. The van der Waals surface area contributed by atoms with Crippen molar-refractivity contribution in [3.05, 3.63) is 48.4 Å². The van der Waals surface area contributed by atoms with E-state index < -0.39 is 38.0 Å². The van der Waals surface area contributed by atoms with Gasteiger partial charge >= 0.3 is 0 Å². The molecule has 1 saturated heterocycles. The molecule has 1 aromatic carbocycles. The van der Waals surface area contributed by atoms with Crippen molar-refractivity contribution in [2.24, 2.45) is 0 Å². The second-order valence-corrected chi connectivity index (χ2v) is 9.59. The molecular formula is C15H14FN3O5S2. The van der Waals surface area contributed by atoms with Crippen LogP contribution in [0.3, 0.4) is 0 Å². The smallest absolute Gasteiger partial charge is 0.246 e. The van der Waals surface area contributed by atoms with Gasteiger partial charge in [-0.05, 0) is 30.3 Å². The van der Waals surface area contributed by atoms with Crippen molar-refractivity contribution in [2.75, 3.05) is 13.1 Å². The minimum absolute atomic E-state index is 0.0718. The summed E-state index contributed by atoms with van der Waals surface area (Å²) in [4.78, 5) is 3.65. The predicted molar refractivity (Wildman–Crippen MR) is 87.9 cm³/mol. The van der Waals surface area contributed by atoms with Crippen LogP contribution in [0.5, 0.6) is 5.88 Å². The van der Waals surface area contributed by atoms with Crippen molar-refractivity contribution in [1.82, 2.24) is 14.0 Å². The maximum atomic E-state index is 13.4. The molecule has 4 rings (SSSR count). The number of sulfonamides is 2. The zero-order valence-electron chi connectivity index (χ0n) is 13.2. The first-order valence-corrected chi connectivity index (χ1v) is 10.6. The molecule has 11 heteroatoms. The molecule has 0 spiro atoms. The average Bonchev–Trinajstić information content (AvgIpc) is 2.93. The first-order chi connectivity index (χ1) is 12.3. The summed E-state index contributed by atoms with van der Waals surface area (Å²) in [5.41, 5.74) is 0. The van der Waals surface area contributed by atoms with Crippen LogP contribution in [0.25, 0.3) is 0 Å². The molecular weight excluding hydrogens is 385 g/mol. The first kappa shape index (κ1) is 17.3. The van der Waals surface area contributed by atoms with Crippen molar-refractivity contribution in [1.29, 1.82) is 0 Å². The summed E-state index contributed by atoms with van der Waals surface area (Å²) in [5, 5.41) is 0. The lowest BCUT2D eigenvalue weighted by atomic mass is 10.2. The molecule has 0 amide bonds. The van der Waals surface area contributed by atoms with E-state index in [0.717, 1.165) is 16.4 Å². The summed E-state index contributed by atoms with van der Waals surface area (Å²) in [6, 6.07) is 6.72. The number of ether oxygens (including phenoxy) is 1. The molecule has 2 aromatic rings. The summed E-state index contributed by atoms with van der Waals surface area (Å²) in [5.74, 6) is -0.743. The zero-order chi connectivity index (χ0) is 18.5. The number of hydrogen-bond acceptors (Lipinski definition) is 6. The number of pyridine rings is 1. The molecule has 26 heavy (non-hydrogen) atoms. The van der Waals surface area contributed by atoms with E-state index in [1.165, 1.54) is 30.5 Å². The van der Waals surface area contributed by atoms with Gasteiger partial charge in [-0.1, -0.05) is 6.07 Å². The number of halogens is 1. The summed E-state index contributed by atoms with van der Waals surface area (Å²) in [7, 11) is -7.88. The fourth-order valence-electron chi connectivity index (χ4n) is 3.02. The van der Waals surface area contributed by atoms with Crippen molar-refractivity contribution in [3.8, 4) is 5.88 Å². The Morgan fingerprint density at radius 1 is 1.23 bits per heavy atom. The van der Waals surface area contributed by atoms with Gasteiger partial charge in [-0.15, -0.1) is 0 Å². The number of nitrogens with zero attached hydrogens (tertiary/aromatic N) is 2. The van der Waals surface area contributed by atoms with Crippen LogP contribution in [0.15, 0.2) is 52.4 Å². The Balaban J connectivity index is 1.67. The summed E-state index contributed by atoms with van der Waals surface area (Å²) in [6.45, 7) is -0.210. The highest BCUT2D eigenvalue weighted by Gasteiger charge is 2.45. The molecule has 0 unspecified atom stereocenters. The molecule has 2 atom stereocenters. The standard InChI is InChI=1S/C15H14FN3O5S2/c16-10-3-1-4-11(7-10)26(22,23)19-8-12-13(9-19)24-15-14(5-2-6-17-15)25(20,21)18-12/h1-7,12-13,18H,8-9H2/t12-,13+/m1/s1. The number of rotatable bonds is 2. The van der Waals surface area contributed by atoms with Gasteiger partial charge in [0.25, 0.3) is 0 Å². The Kier molecular flexibility index (Phi) is 3.99. The normalized spacial score (nSPS) is 25.0. The molecule has 0 bridgehead atoms. The number of benzene rings is 1. The summed E-state index contributed by atoms with van der Waals surface area (Å²) in [6.07, 6.45) is 0.648. The van der Waals surface area contributed by atoms with Gasteiger partial charge < -0.3 is 4.74 Å². The Morgan fingerprint density at radius 2 is 2.04 bits per heavy atom. The van der Waals surface area contributed by atoms with Crippen molar-refractivity contribution < 1.29 is 26.0 Å². The van der Waals surface area contributed by atoms with Gasteiger partial charge in [-0.25, -0.2) is 30.9 Å². The maximum Gasteiger partial charge on any atom is 0.246 e. The molecule has 1 aromatic heterocycles. The third-order valence-corrected chi connectivity index (χ3v) is 7.59. The fourth-order valence-corrected chi connectivity index (χ4v) is 5.87. The monoisotopic (exact) mass is 399 g/mol. The summed E-state index contributed by atoms with van der Waals surface area (Å²) < 4.78 is 73.0. The third-order valence-electron chi connectivity index (χ3n) is 4.26. The van der Waals surface area contributed by atoms with E-state index in [4.69, 9.17) is 4.74 Å². The van der Waals surface area contributed by atoms with E-state index in [2.05, 4.69) is 9.71 Å². The van der Waals surface area contributed by atoms with Crippen LogP contribution in [-0.2, 0) is 20.0 Å². The Bertz CT molecular complexity index is 1070. The van der Waals surface area contributed by atoms with E-state index >= 15 is 0 Å². The largest absolute Gasteiger partial charge is 0.470 e. The molecule has 8 nitrogen and oxygen atoms in total. The van der Waals surface area contributed by atoms with E-state index in [1.54, 1.807) is 0 Å². The van der Waals surface area contributed by atoms with Crippen LogP contribution in [0.4, 0.5) is 4.39 Å². The van der Waals surface area contributed by atoms with Crippen LogP contribution in [0, 0.1) is 5.82 Å². The predicted octanol–water partition coefficient (Wildman–Crippen LogP) is 0.333. The molecule has 0 aliphatic carbocycles. The lowest BCUT2D eigenvalue weighted by Crippen LogP contribution is -2.42. The molecule has 2 aliphatic rings. The summed E-state index contributed by atoms with van der Waals surface area (Å²) >= 11 is 0. The van der Waals surface area contributed by atoms with Gasteiger partial charge in [0.15, 0.2) is 0 Å². The minimum atomic E-state index is -3.99. The molecule has 1 N–H and O–H groups in total. The highest BCUT2D eigenvalue weighted by atomic mass is 32.2. The molecule has 0 radical (unpaired) electrons. The van der Waals surface area contributed by atoms with Crippen LogP contribution < -0.4 is 9.46 Å². The molecule has 2 aliphatic heterocycles. The van der Waals surface area contributed by atoms with Crippen LogP contribution in [-0.4, -0.2) is 51.4 Å². The molecule has 0 saturated carbocycles. The molecule has 3 heterocycles. The minimum Gasteiger partial charge on any atom is -0.470 e. The first-order valence-electron chi connectivity index (χ1n) is 7.67. The van der Waals surface area contributed by atoms with Gasteiger partial charge in [0, 0.05) is 12.7 Å². The average molecular weight is 399 g/mol. The van der Waals surface area contributed by atoms with Crippen molar-refractivity contribution >= 4 is 20.0 Å². The lowest BCUT2D eigenvalue weighted by molar-refractivity contribution is 0.186. The molecule has 1 fully saturated rings. The fraction of sp³-hybridized carbons (Fsp3) is 0.267. The van der Waals surface area contributed by atoms with E-state index in [-0.39, 0.29) is 28.8 Å². The van der Waals surface area contributed by atoms with Gasteiger partial charge in [0.05, 0.1) is 17.5 Å². The van der Waals surface area contributed by atoms with Gasteiger partial charge in [-0.2, -0.15) is 4.31 Å². The maximum absolute atomic E-state index is 13.4. The number of aromatic nitrogens is 1. The Morgan fingerprint density at radius 3 is 2.81 bits per heavy atom. The van der Waals surface area contributed by atoms with Crippen LogP contribution >= 0.6 is 0 Å². The van der Waals surface area contributed by atoms with Crippen molar-refractivity contribution in [2.45, 2.75) is 21.9 Å². The van der Waals surface area contributed by atoms with Crippen LogP contribution in [0.2, 0.25) is 0 Å². The second kappa shape index (κ2) is 5.98. The number of fused-ring (bicyclic) bond motifs is 2. The van der Waals surface area contributed by atoms with E-state index in [1.807, 2.05) is 0 Å². The van der Waals surface area contributed by atoms with Crippen molar-refractivity contribution in [3.63, 3.8) is 0 Å². The van der Waals surface area contributed by atoms with Crippen LogP contribution in [0.1, 0.15) is 0 Å². The second-order valence-electron chi connectivity index (χ2n) is 5.97. The van der Waals surface area contributed by atoms with Gasteiger partial charge in [-0.3, -0.25) is 0 Å². The SMILES string of the molecule is O=S1(=O)N[C@@H]2CN(S(=O)(=O)c3cccc(F)c3)C[C@@H]2Oc2ncccc21. The van der Waals surface area contributed by atoms with E-state index in [0.29, 0.717) is 0 Å². The Labute approximate surface area is 149 Å². The Hall–Kier alpha value is -2.08. The van der Waals surface area contributed by atoms with Gasteiger partial charge in [0.2, 0.25) is 25.9 Å². The number of hydrogen-bond donors (Lipinski definition) is 1. The lowest BCUT2D eigenvalue weighted by Gasteiger charge is -2.17. The van der Waals surface area contributed by atoms with E-state index in [9.17, 15) is 21.2 Å². The number of nitrogens with one attached hydrogen (secondary N) is 1.